The molecule has 3 rings (SSSR count). The smallest absolute Gasteiger partial charge is 0.287 e. The van der Waals surface area contributed by atoms with Crippen LogP contribution in [0.25, 0.3) is 5.69 Å². The number of benzene rings is 2. The van der Waals surface area contributed by atoms with Crippen molar-refractivity contribution in [2.24, 2.45) is 0 Å². The average molecular weight is 469 g/mol. The van der Waals surface area contributed by atoms with Crippen LogP contribution in [0.1, 0.15) is 12.5 Å². The Morgan fingerprint density at radius 3 is 2.38 bits per heavy atom. The van der Waals surface area contributed by atoms with Crippen LogP contribution in [0.2, 0.25) is 15.1 Å². The van der Waals surface area contributed by atoms with Crippen molar-refractivity contribution in [3.63, 3.8) is 0 Å². The SMILES string of the molecule is C=C(C)C(=O)Nc1[nH]n(-c2c(Cl)cc(Cl)cc2Cl)c(=O)c1SCc1ccccc1. The average Bonchev–Trinajstić information content (AvgIpc) is 2.95. The number of hydrogen-bond donors (Lipinski definition) is 2. The van der Waals surface area contributed by atoms with Gasteiger partial charge in [0.2, 0.25) is 0 Å². The van der Waals surface area contributed by atoms with Gasteiger partial charge in [-0.15, -0.1) is 11.8 Å². The van der Waals surface area contributed by atoms with E-state index in [9.17, 15) is 9.59 Å². The normalized spacial score (nSPS) is 10.8. The molecule has 0 fully saturated rings. The summed E-state index contributed by atoms with van der Waals surface area (Å²) in [5.74, 6) is 0.366. The van der Waals surface area contributed by atoms with Crippen LogP contribution in [-0.4, -0.2) is 15.7 Å². The van der Waals surface area contributed by atoms with Crippen molar-refractivity contribution in [3.05, 3.63) is 85.6 Å². The van der Waals surface area contributed by atoms with Gasteiger partial charge in [0.1, 0.15) is 16.4 Å². The molecule has 3 aromatic rings. The van der Waals surface area contributed by atoms with E-state index in [2.05, 4.69) is 17.0 Å². The third kappa shape index (κ3) is 4.90. The number of halogens is 3. The van der Waals surface area contributed by atoms with Gasteiger partial charge in [-0.05, 0) is 24.6 Å². The van der Waals surface area contributed by atoms with E-state index in [1.165, 1.54) is 28.6 Å². The maximum atomic E-state index is 13.1. The van der Waals surface area contributed by atoms with Gasteiger partial charge in [-0.1, -0.05) is 71.7 Å². The van der Waals surface area contributed by atoms with E-state index in [0.29, 0.717) is 21.2 Å². The largest absolute Gasteiger partial charge is 0.306 e. The number of hydrogen-bond acceptors (Lipinski definition) is 3. The lowest BCUT2D eigenvalue weighted by atomic mass is 10.2. The Labute approximate surface area is 186 Å². The fourth-order valence-corrected chi connectivity index (χ4v) is 4.44. The quantitative estimate of drug-likeness (QED) is 0.348. The minimum atomic E-state index is -0.409. The molecule has 1 heterocycles. The summed E-state index contributed by atoms with van der Waals surface area (Å²) in [5.41, 5.74) is 1.19. The molecule has 0 aliphatic heterocycles. The molecular formula is C20H16Cl3N3O2S. The maximum Gasteiger partial charge on any atom is 0.287 e. The number of H-pyrrole nitrogens is 1. The van der Waals surface area contributed by atoms with Gasteiger partial charge in [0.25, 0.3) is 11.5 Å². The van der Waals surface area contributed by atoms with E-state index in [1.807, 2.05) is 30.3 Å². The Bertz CT molecular complexity index is 1120. The molecule has 9 heteroatoms. The summed E-state index contributed by atoms with van der Waals surface area (Å²) in [5, 5.41) is 6.31. The van der Waals surface area contributed by atoms with Crippen molar-refractivity contribution in [1.29, 1.82) is 0 Å². The van der Waals surface area contributed by atoms with Crippen molar-refractivity contribution in [3.8, 4) is 5.69 Å². The molecule has 0 radical (unpaired) electrons. The van der Waals surface area contributed by atoms with Crippen LogP contribution in [-0.2, 0) is 10.5 Å². The second kappa shape index (κ2) is 9.13. The maximum absolute atomic E-state index is 13.1. The summed E-state index contributed by atoms with van der Waals surface area (Å²) >= 11 is 19.8. The van der Waals surface area contributed by atoms with E-state index >= 15 is 0 Å². The first-order valence-corrected chi connectivity index (χ1v) is 10.5. The topological polar surface area (TPSA) is 66.9 Å². The standard InChI is InChI=1S/C20H16Cl3N3O2S/c1-11(2)19(27)24-18-17(29-10-12-6-4-3-5-7-12)20(28)26(25-18)16-14(22)8-13(21)9-15(16)23/h3-9,25H,1,10H2,2H3,(H,24,27). The second-order valence-electron chi connectivity index (χ2n) is 6.18. The van der Waals surface area contributed by atoms with Crippen molar-refractivity contribution in [2.75, 3.05) is 5.32 Å². The van der Waals surface area contributed by atoms with Gasteiger partial charge in [0.05, 0.1) is 10.0 Å². The van der Waals surface area contributed by atoms with Gasteiger partial charge in [-0.3, -0.25) is 14.7 Å². The summed E-state index contributed by atoms with van der Waals surface area (Å²) in [7, 11) is 0. The van der Waals surface area contributed by atoms with Crippen LogP contribution < -0.4 is 10.9 Å². The molecule has 0 spiro atoms. The van der Waals surface area contributed by atoms with Gasteiger partial charge >= 0.3 is 0 Å². The molecule has 0 aliphatic rings. The van der Waals surface area contributed by atoms with Crippen molar-refractivity contribution in [2.45, 2.75) is 17.6 Å². The van der Waals surface area contributed by atoms with Gasteiger partial charge < -0.3 is 5.32 Å². The molecule has 5 nitrogen and oxygen atoms in total. The molecule has 0 atom stereocenters. The lowest BCUT2D eigenvalue weighted by Crippen LogP contribution is -2.16. The van der Waals surface area contributed by atoms with Crippen molar-refractivity contribution < 1.29 is 4.79 Å². The third-order valence-corrected chi connectivity index (χ3v) is 5.84. The van der Waals surface area contributed by atoms with Gasteiger partial charge in [0.15, 0.2) is 0 Å². The highest BCUT2D eigenvalue weighted by molar-refractivity contribution is 7.98. The van der Waals surface area contributed by atoms with Gasteiger partial charge in [-0.25, -0.2) is 4.68 Å². The highest BCUT2D eigenvalue weighted by Gasteiger charge is 2.21. The first-order chi connectivity index (χ1) is 13.8. The summed E-state index contributed by atoms with van der Waals surface area (Å²) in [6.45, 7) is 5.20. The third-order valence-electron chi connectivity index (χ3n) is 3.91. The Morgan fingerprint density at radius 1 is 1.17 bits per heavy atom. The molecule has 1 aromatic heterocycles. The Balaban J connectivity index is 2.07. The van der Waals surface area contributed by atoms with Crippen molar-refractivity contribution >= 4 is 58.3 Å². The van der Waals surface area contributed by atoms with E-state index in [0.717, 1.165) is 5.56 Å². The number of thioether (sulfide) groups is 1. The number of carbonyl (C=O) groups is 1. The summed E-state index contributed by atoms with van der Waals surface area (Å²) in [6.07, 6.45) is 0. The molecule has 0 saturated heterocycles. The Hall–Kier alpha value is -2.12. The Morgan fingerprint density at radius 2 is 1.79 bits per heavy atom. The van der Waals surface area contributed by atoms with Crippen LogP contribution in [0.15, 0.2) is 64.3 Å². The van der Waals surface area contributed by atoms with E-state index < -0.39 is 11.5 Å². The molecule has 29 heavy (non-hydrogen) atoms. The molecule has 0 unspecified atom stereocenters. The van der Waals surface area contributed by atoms with E-state index in [1.54, 1.807) is 6.92 Å². The van der Waals surface area contributed by atoms with E-state index in [4.69, 9.17) is 34.8 Å². The number of aromatic nitrogens is 2. The Kier molecular flexibility index (Phi) is 6.80. The summed E-state index contributed by atoms with van der Waals surface area (Å²) in [4.78, 5) is 25.6. The number of rotatable bonds is 6. The molecule has 2 aromatic carbocycles. The molecule has 150 valence electrons. The number of carbonyl (C=O) groups excluding carboxylic acids is 1. The zero-order valence-electron chi connectivity index (χ0n) is 15.3. The fraction of sp³-hybridized carbons (Fsp3) is 0.100. The first-order valence-electron chi connectivity index (χ1n) is 8.41. The van der Waals surface area contributed by atoms with Crippen molar-refractivity contribution in [1.82, 2.24) is 9.78 Å². The predicted molar refractivity (Wildman–Crippen MR) is 121 cm³/mol. The van der Waals surface area contributed by atoms with Crippen LogP contribution in [0.4, 0.5) is 5.82 Å². The molecule has 1 amide bonds. The molecule has 0 saturated carbocycles. The molecule has 0 aliphatic carbocycles. The first kappa shape index (κ1) is 21.6. The van der Waals surface area contributed by atoms with Crippen LogP contribution in [0.3, 0.4) is 0 Å². The monoisotopic (exact) mass is 467 g/mol. The summed E-state index contributed by atoms with van der Waals surface area (Å²) in [6, 6.07) is 12.6. The number of amides is 1. The fourth-order valence-electron chi connectivity index (χ4n) is 2.50. The highest BCUT2D eigenvalue weighted by Crippen LogP contribution is 2.33. The minimum Gasteiger partial charge on any atom is -0.306 e. The number of nitrogens with zero attached hydrogens (tertiary/aromatic N) is 1. The molecular weight excluding hydrogens is 453 g/mol. The summed E-state index contributed by atoms with van der Waals surface area (Å²) < 4.78 is 1.20. The second-order valence-corrected chi connectivity index (χ2v) is 8.42. The van der Waals surface area contributed by atoms with Crippen LogP contribution >= 0.6 is 46.6 Å². The zero-order valence-corrected chi connectivity index (χ0v) is 18.3. The highest BCUT2D eigenvalue weighted by atomic mass is 35.5. The van der Waals surface area contributed by atoms with Crippen LogP contribution in [0.5, 0.6) is 0 Å². The predicted octanol–water partition coefficient (Wildman–Crippen LogP) is 5.93. The molecule has 0 bridgehead atoms. The van der Waals surface area contributed by atoms with Gasteiger partial charge in [-0.2, -0.15) is 0 Å². The lowest BCUT2D eigenvalue weighted by molar-refractivity contribution is -0.112. The van der Waals surface area contributed by atoms with Crippen LogP contribution in [0, 0.1) is 0 Å². The minimum absolute atomic E-state index is 0.197. The van der Waals surface area contributed by atoms with Gasteiger partial charge in [0, 0.05) is 16.3 Å². The van der Waals surface area contributed by atoms with E-state index in [-0.39, 0.29) is 21.6 Å². The number of nitrogens with one attached hydrogen (secondary N) is 2. The number of aromatic amines is 1. The number of anilines is 1. The lowest BCUT2D eigenvalue weighted by Gasteiger charge is -2.08. The molecule has 2 N–H and O–H groups in total. The zero-order chi connectivity index (χ0) is 21.1.